The van der Waals surface area contributed by atoms with Crippen molar-refractivity contribution >= 4 is 39.8 Å². The molecule has 0 saturated heterocycles. The van der Waals surface area contributed by atoms with Gasteiger partial charge >= 0.3 is 0 Å². The number of carbonyl (C=O) groups excluding carboxylic acids is 2. The smallest absolute Gasteiger partial charge is 0.262 e. The zero-order chi connectivity index (χ0) is 19.6. The number of aryl methyl sites for hydroxylation is 3. The molecule has 0 spiro atoms. The molecule has 1 aliphatic carbocycles. The van der Waals surface area contributed by atoms with Crippen molar-refractivity contribution in [2.24, 2.45) is 5.73 Å². The van der Waals surface area contributed by atoms with Crippen molar-refractivity contribution in [2.45, 2.75) is 46.0 Å². The van der Waals surface area contributed by atoms with E-state index in [-0.39, 0.29) is 12.5 Å². The van der Waals surface area contributed by atoms with Gasteiger partial charge in [0.15, 0.2) is 6.61 Å². The normalized spacial score (nSPS) is 13.6. The molecule has 0 radical (unpaired) electrons. The SMILES string of the molecule is Cc1cc(C)c(OCC(=O)Nc2sc3c(c2C(N)=O)CCCCC3)c(Cl)c1. The first-order valence-corrected chi connectivity index (χ1v) is 10.2. The zero-order valence-corrected chi connectivity index (χ0v) is 17.1. The fourth-order valence-electron chi connectivity index (χ4n) is 3.48. The number of hydrogen-bond donors (Lipinski definition) is 2. The van der Waals surface area contributed by atoms with Gasteiger partial charge < -0.3 is 15.8 Å². The summed E-state index contributed by atoms with van der Waals surface area (Å²) in [6.07, 6.45) is 5.02. The quantitative estimate of drug-likeness (QED) is 0.722. The summed E-state index contributed by atoms with van der Waals surface area (Å²) in [5, 5.41) is 3.80. The van der Waals surface area contributed by atoms with Crippen LogP contribution in [0.3, 0.4) is 0 Å². The molecule has 7 heteroatoms. The second-order valence-electron chi connectivity index (χ2n) is 6.86. The lowest BCUT2D eigenvalue weighted by Gasteiger charge is -2.12. The molecule has 0 bridgehead atoms. The number of halogens is 1. The monoisotopic (exact) mass is 406 g/mol. The second-order valence-corrected chi connectivity index (χ2v) is 8.37. The Labute approximate surface area is 167 Å². The molecule has 2 amide bonds. The van der Waals surface area contributed by atoms with Crippen molar-refractivity contribution in [2.75, 3.05) is 11.9 Å². The molecule has 144 valence electrons. The van der Waals surface area contributed by atoms with Gasteiger partial charge in [-0.15, -0.1) is 11.3 Å². The molecular weight excluding hydrogens is 384 g/mol. The molecule has 0 fully saturated rings. The summed E-state index contributed by atoms with van der Waals surface area (Å²) in [5.74, 6) is -0.345. The van der Waals surface area contributed by atoms with Crippen molar-refractivity contribution in [1.29, 1.82) is 0 Å². The van der Waals surface area contributed by atoms with E-state index in [1.165, 1.54) is 11.3 Å². The fourth-order valence-corrected chi connectivity index (χ4v) is 5.16. The van der Waals surface area contributed by atoms with E-state index in [0.29, 0.717) is 21.3 Å². The first-order valence-electron chi connectivity index (χ1n) is 9.00. The summed E-state index contributed by atoms with van der Waals surface area (Å²) in [7, 11) is 0. The lowest BCUT2D eigenvalue weighted by atomic mass is 10.1. The van der Waals surface area contributed by atoms with Gasteiger partial charge in [0.25, 0.3) is 11.8 Å². The van der Waals surface area contributed by atoms with Crippen LogP contribution in [0.1, 0.15) is 51.2 Å². The van der Waals surface area contributed by atoms with E-state index in [2.05, 4.69) is 5.32 Å². The molecule has 3 N–H and O–H groups in total. The Bertz CT molecular complexity index is 869. The van der Waals surface area contributed by atoms with Gasteiger partial charge in [0.05, 0.1) is 10.6 Å². The first-order chi connectivity index (χ1) is 12.9. The number of thiophene rings is 1. The van der Waals surface area contributed by atoms with Gasteiger partial charge in [0, 0.05) is 4.88 Å². The van der Waals surface area contributed by atoms with E-state index >= 15 is 0 Å². The lowest BCUT2D eigenvalue weighted by Crippen LogP contribution is -2.22. The third kappa shape index (κ3) is 4.45. The molecule has 0 atom stereocenters. The van der Waals surface area contributed by atoms with Gasteiger partial charge in [-0.25, -0.2) is 0 Å². The van der Waals surface area contributed by atoms with Gasteiger partial charge in [-0.1, -0.05) is 24.1 Å². The third-order valence-electron chi connectivity index (χ3n) is 4.64. The number of hydrogen-bond acceptors (Lipinski definition) is 4. The number of anilines is 1. The van der Waals surface area contributed by atoms with Crippen LogP contribution in [-0.4, -0.2) is 18.4 Å². The number of ether oxygens (including phenoxy) is 1. The minimum Gasteiger partial charge on any atom is -0.482 e. The van der Waals surface area contributed by atoms with Gasteiger partial charge in [-0.05, 0) is 62.3 Å². The Morgan fingerprint density at radius 3 is 2.67 bits per heavy atom. The molecule has 3 rings (SSSR count). The summed E-state index contributed by atoms with van der Waals surface area (Å²) < 4.78 is 5.62. The maximum absolute atomic E-state index is 12.4. The second kappa shape index (κ2) is 8.31. The van der Waals surface area contributed by atoms with Crippen LogP contribution in [0.2, 0.25) is 5.02 Å². The lowest BCUT2D eigenvalue weighted by molar-refractivity contribution is -0.118. The molecule has 1 aromatic carbocycles. The summed E-state index contributed by atoms with van der Waals surface area (Å²) in [4.78, 5) is 25.5. The highest BCUT2D eigenvalue weighted by molar-refractivity contribution is 7.17. The zero-order valence-electron chi connectivity index (χ0n) is 15.5. The molecule has 27 heavy (non-hydrogen) atoms. The summed E-state index contributed by atoms with van der Waals surface area (Å²) in [6.45, 7) is 3.64. The molecule has 0 unspecified atom stereocenters. The van der Waals surface area contributed by atoms with Crippen molar-refractivity contribution in [3.05, 3.63) is 44.3 Å². The Morgan fingerprint density at radius 2 is 1.96 bits per heavy atom. The van der Waals surface area contributed by atoms with Crippen molar-refractivity contribution in [1.82, 2.24) is 0 Å². The van der Waals surface area contributed by atoms with Crippen LogP contribution in [0.4, 0.5) is 5.00 Å². The predicted molar refractivity (Wildman–Crippen MR) is 109 cm³/mol. The summed E-state index contributed by atoms with van der Waals surface area (Å²) >= 11 is 7.66. The average molecular weight is 407 g/mol. The number of amides is 2. The molecule has 0 aliphatic heterocycles. The number of primary amides is 1. The number of benzene rings is 1. The van der Waals surface area contributed by atoms with E-state index in [1.54, 1.807) is 6.07 Å². The topological polar surface area (TPSA) is 81.4 Å². The maximum atomic E-state index is 12.4. The minimum atomic E-state index is -0.497. The standard InChI is InChI=1S/C20H23ClN2O3S/c1-11-8-12(2)18(14(21)9-11)26-10-16(24)23-20-17(19(22)25)13-6-4-3-5-7-15(13)27-20/h8-9H,3-7,10H2,1-2H3,(H2,22,25)(H,23,24). The van der Waals surface area contributed by atoms with E-state index in [1.807, 2.05) is 19.9 Å². The van der Waals surface area contributed by atoms with Crippen LogP contribution < -0.4 is 15.8 Å². The number of nitrogens with two attached hydrogens (primary N) is 1. The van der Waals surface area contributed by atoms with E-state index in [4.69, 9.17) is 22.1 Å². The number of nitrogens with one attached hydrogen (secondary N) is 1. The number of fused-ring (bicyclic) bond motifs is 1. The summed E-state index contributed by atoms with van der Waals surface area (Å²) in [6, 6.07) is 3.74. The highest BCUT2D eigenvalue weighted by Crippen LogP contribution is 2.37. The van der Waals surface area contributed by atoms with Gasteiger partial charge in [-0.3, -0.25) is 9.59 Å². The number of rotatable bonds is 5. The first kappa shape index (κ1) is 19.7. The van der Waals surface area contributed by atoms with Gasteiger partial charge in [-0.2, -0.15) is 0 Å². The molecule has 2 aromatic rings. The van der Waals surface area contributed by atoms with Gasteiger partial charge in [0.2, 0.25) is 0 Å². The Balaban J connectivity index is 1.74. The highest BCUT2D eigenvalue weighted by atomic mass is 35.5. The van der Waals surface area contributed by atoms with Crippen molar-refractivity contribution in [3.8, 4) is 5.75 Å². The Kier molecular flexibility index (Phi) is 6.07. The molecular formula is C20H23ClN2O3S. The summed E-state index contributed by atoms with van der Waals surface area (Å²) in [5.41, 5.74) is 8.95. The average Bonchev–Trinajstić information content (AvgIpc) is 2.75. The highest BCUT2D eigenvalue weighted by Gasteiger charge is 2.24. The number of carbonyl (C=O) groups is 2. The van der Waals surface area contributed by atoms with E-state index in [9.17, 15) is 9.59 Å². The molecule has 1 aromatic heterocycles. The van der Waals surface area contributed by atoms with Crippen molar-refractivity contribution in [3.63, 3.8) is 0 Å². The maximum Gasteiger partial charge on any atom is 0.262 e. The van der Waals surface area contributed by atoms with Crippen LogP contribution in [0.25, 0.3) is 0 Å². The molecule has 5 nitrogen and oxygen atoms in total. The van der Waals surface area contributed by atoms with E-state index in [0.717, 1.165) is 53.7 Å². The van der Waals surface area contributed by atoms with Crippen LogP contribution in [0.5, 0.6) is 5.75 Å². The van der Waals surface area contributed by atoms with Gasteiger partial charge in [0.1, 0.15) is 10.8 Å². The minimum absolute atomic E-state index is 0.190. The third-order valence-corrected chi connectivity index (χ3v) is 6.13. The molecule has 0 saturated carbocycles. The Morgan fingerprint density at radius 1 is 1.22 bits per heavy atom. The van der Waals surface area contributed by atoms with Crippen molar-refractivity contribution < 1.29 is 14.3 Å². The predicted octanol–water partition coefficient (Wildman–Crippen LogP) is 4.40. The largest absolute Gasteiger partial charge is 0.482 e. The van der Waals surface area contributed by atoms with Crippen LogP contribution in [0, 0.1) is 13.8 Å². The molecule has 1 heterocycles. The Hall–Kier alpha value is -2.05. The van der Waals surface area contributed by atoms with Crippen LogP contribution in [-0.2, 0) is 17.6 Å². The van der Waals surface area contributed by atoms with Crippen LogP contribution in [0.15, 0.2) is 12.1 Å². The fraction of sp³-hybridized carbons (Fsp3) is 0.400. The molecule has 1 aliphatic rings. The van der Waals surface area contributed by atoms with Crippen LogP contribution >= 0.6 is 22.9 Å². The van der Waals surface area contributed by atoms with E-state index < -0.39 is 5.91 Å².